The average molecular weight is 236 g/mol. The van der Waals surface area contributed by atoms with Crippen LogP contribution in [-0.4, -0.2) is 23.9 Å². The second-order valence-corrected chi connectivity index (χ2v) is 5.22. The molecule has 16 heavy (non-hydrogen) atoms. The maximum absolute atomic E-state index is 10.4. The van der Waals surface area contributed by atoms with Gasteiger partial charge in [0.2, 0.25) is 0 Å². The minimum absolute atomic E-state index is 0.297. The van der Waals surface area contributed by atoms with Gasteiger partial charge in [-0.05, 0) is 23.6 Å². The Kier molecular flexibility index (Phi) is 3.88. The lowest BCUT2D eigenvalue weighted by atomic mass is 9.99. The molecule has 2 rings (SSSR count). The standard InChI is InChI=1S/C13H16O2S/c1-10(6-7-14)11-2-4-12(5-3-11)15-13-8-16-9-13/h2-5,7,10,13H,6,8-9H2,1H3. The lowest BCUT2D eigenvalue weighted by molar-refractivity contribution is -0.108. The van der Waals surface area contributed by atoms with Crippen molar-refractivity contribution in [3.05, 3.63) is 29.8 Å². The van der Waals surface area contributed by atoms with Crippen LogP contribution in [-0.2, 0) is 4.79 Å². The Morgan fingerprint density at radius 3 is 2.62 bits per heavy atom. The van der Waals surface area contributed by atoms with Gasteiger partial charge in [0.05, 0.1) is 0 Å². The van der Waals surface area contributed by atoms with Gasteiger partial charge in [-0.3, -0.25) is 0 Å². The summed E-state index contributed by atoms with van der Waals surface area (Å²) in [7, 11) is 0. The molecule has 2 nitrogen and oxygen atoms in total. The molecule has 0 aromatic heterocycles. The van der Waals surface area contributed by atoms with Crippen LogP contribution < -0.4 is 4.74 Å². The summed E-state index contributed by atoms with van der Waals surface area (Å²) in [6.45, 7) is 2.06. The van der Waals surface area contributed by atoms with Crippen molar-refractivity contribution in [3.63, 3.8) is 0 Å². The SMILES string of the molecule is CC(CC=O)c1ccc(OC2CSC2)cc1. The number of hydrogen-bond acceptors (Lipinski definition) is 3. The zero-order valence-electron chi connectivity index (χ0n) is 9.39. The van der Waals surface area contributed by atoms with Crippen LogP contribution in [0.25, 0.3) is 0 Å². The summed E-state index contributed by atoms with van der Waals surface area (Å²) in [5, 5.41) is 0. The summed E-state index contributed by atoms with van der Waals surface area (Å²) in [6.07, 6.45) is 1.95. The highest BCUT2D eigenvalue weighted by atomic mass is 32.2. The van der Waals surface area contributed by atoms with E-state index in [1.165, 1.54) is 5.56 Å². The quantitative estimate of drug-likeness (QED) is 0.735. The smallest absolute Gasteiger partial charge is 0.120 e. The van der Waals surface area contributed by atoms with Gasteiger partial charge < -0.3 is 9.53 Å². The minimum Gasteiger partial charge on any atom is -0.489 e. The Morgan fingerprint density at radius 2 is 2.12 bits per heavy atom. The first kappa shape index (κ1) is 11.5. The Bertz CT molecular complexity index is 343. The molecular weight excluding hydrogens is 220 g/mol. The van der Waals surface area contributed by atoms with Crippen molar-refractivity contribution in [1.29, 1.82) is 0 Å². The fourth-order valence-electron chi connectivity index (χ4n) is 1.63. The van der Waals surface area contributed by atoms with E-state index in [-0.39, 0.29) is 0 Å². The molecule has 0 saturated carbocycles. The Hall–Kier alpha value is -0.960. The first-order valence-electron chi connectivity index (χ1n) is 5.57. The molecule has 1 unspecified atom stereocenters. The third kappa shape index (κ3) is 2.79. The molecule has 0 N–H and O–H groups in total. The summed E-state index contributed by atoms with van der Waals surface area (Å²) in [5.41, 5.74) is 1.20. The van der Waals surface area contributed by atoms with Crippen molar-refractivity contribution in [2.75, 3.05) is 11.5 Å². The van der Waals surface area contributed by atoms with Crippen LogP contribution in [0.1, 0.15) is 24.8 Å². The maximum atomic E-state index is 10.4. The van der Waals surface area contributed by atoms with E-state index < -0.39 is 0 Å². The van der Waals surface area contributed by atoms with Crippen molar-refractivity contribution < 1.29 is 9.53 Å². The number of ether oxygens (including phenoxy) is 1. The van der Waals surface area contributed by atoms with Crippen LogP contribution in [0.4, 0.5) is 0 Å². The van der Waals surface area contributed by atoms with E-state index in [1.807, 2.05) is 23.9 Å². The van der Waals surface area contributed by atoms with Crippen LogP contribution in [0, 0.1) is 0 Å². The number of aldehydes is 1. The topological polar surface area (TPSA) is 26.3 Å². The summed E-state index contributed by atoms with van der Waals surface area (Å²) in [5.74, 6) is 3.44. The number of carbonyl (C=O) groups is 1. The molecule has 0 aliphatic carbocycles. The van der Waals surface area contributed by atoms with Gasteiger partial charge in [0.25, 0.3) is 0 Å². The molecule has 1 fully saturated rings. The van der Waals surface area contributed by atoms with E-state index in [4.69, 9.17) is 4.74 Å². The zero-order chi connectivity index (χ0) is 11.4. The van der Waals surface area contributed by atoms with Crippen molar-refractivity contribution in [3.8, 4) is 5.75 Å². The Labute approximate surface area is 100 Å². The van der Waals surface area contributed by atoms with Crippen molar-refractivity contribution in [1.82, 2.24) is 0 Å². The first-order valence-corrected chi connectivity index (χ1v) is 6.73. The second-order valence-electron chi connectivity index (χ2n) is 4.15. The molecule has 1 aliphatic rings. The van der Waals surface area contributed by atoms with Gasteiger partial charge in [-0.15, -0.1) is 0 Å². The Morgan fingerprint density at radius 1 is 1.44 bits per heavy atom. The molecule has 0 amide bonds. The van der Waals surface area contributed by atoms with E-state index >= 15 is 0 Å². The largest absolute Gasteiger partial charge is 0.489 e. The zero-order valence-corrected chi connectivity index (χ0v) is 10.2. The van der Waals surface area contributed by atoms with Gasteiger partial charge >= 0.3 is 0 Å². The molecule has 1 saturated heterocycles. The average Bonchev–Trinajstić information content (AvgIpc) is 2.25. The summed E-state index contributed by atoms with van der Waals surface area (Å²) >= 11 is 1.92. The van der Waals surface area contributed by atoms with Gasteiger partial charge in [0, 0.05) is 17.9 Å². The highest BCUT2D eigenvalue weighted by Gasteiger charge is 2.19. The second kappa shape index (κ2) is 5.39. The van der Waals surface area contributed by atoms with Gasteiger partial charge in [0.15, 0.2) is 0 Å². The lowest BCUT2D eigenvalue weighted by Crippen LogP contribution is -2.30. The normalized spacial score (nSPS) is 17.6. The molecule has 1 atom stereocenters. The predicted molar refractivity (Wildman–Crippen MR) is 67.3 cm³/mol. The van der Waals surface area contributed by atoms with Crippen LogP contribution in [0.2, 0.25) is 0 Å². The molecule has 0 radical (unpaired) electrons. The number of benzene rings is 1. The third-order valence-corrected chi connectivity index (χ3v) is 4.02. The molecule has 1 heterocycles. The van der Waals surface area contributed by atoms with Crippen LogP contribution >= 0.6 is 11.8 Å². The fraction of sp³-hybridized carbons (Fsp3) is 0.462. The fourth-order valence-corrected chi connectivity index (χ4v) is 2.19. The number of thioether (sulfide) groups is 1. The van der Waals surface area contributed by atoms with E-state index in [0.717, 1.165) is 23.5 Å². The maximum Gasteiger partial charge on any atom is 0.120 e. The molecule has 0 spiro atoms. The van der Waals surface area contributed by atoms with Crippen molar-refractivity contribution >= 4 is 18.0 Å². The van der Waals surface area contributed by atoms with Crippen molar-refractivity contribution in [2.45, 2.75) is 25.4 Å². The summed E-state index contributed by atoms with van der Waals surface area (Å²) < 4.78 is 5.75. The predicted octanol–water partition coefficient (Wildman–Crippen LogP) is 2.87. The third-order valence-electron chi connectivity index (χ3n) is 2.81. The van der Waals surface area contributed by atoms with E-state index in [2.05, 4.69) is 19.1 Å². The number of carbonyl (C=O) groups excluding carboxylic acids is 1. The van der Waals surface area contributed by atoms with Crippen LogP contribution in [0.5, 0.6) is 5.75 Å². The Balaban J connectivity index is 1.95. The van der Waals surface area contributed by atoms with Crippen molar-refractivity contribution in [2.24, 2.45) is 0 Å². The molecular formula is C13H16O2S. The van der Waals surface area contributed by atoms with Crippen LogP contribution in [0.3, 0.4) is 0 Å². The summed E-state index contributed by atoms with van der Waals surface area (Å²) in [6, 6.07) is 8.10. The van der Waals surface area contributed by atoms with Gasteiger partial charge in [-0.2, -0.15) is 11.8 Å². The molecule has 1 aromatic carbocycles. The highest BCUT2D eigenvalue weighted by molar-refractivity contribution is 8.00. The van der Waals surface area contributed by atoms with E-state index in [1.54, 1.807) is 0 Å². The minimum atomic E-state index is 0.297. The van der Waals surface area contributed by atoms with E-state index in [0.29, 0.717) is 18.4 Å². The molecule has 1 aliphatic heterocycles. The van der Waals surface area contributed by atoms with Crippen LogP contribution in [0.15, 0.2) is 24.3 Å². The van der Waals surface area contributed by atoms with Gasteiger partial charge in [0.1, 0.15) is 18.1 Å². The number of rotatable bonds is 5. The summed E-state index contributed by atoms with van der Waals surface area (Å²) in [4.78, 5) is 10.4. The highest BCUT2D eigenvalue weighted by Crippen LogP contribution is 2.25. The molecule has 0 bridgehead atoms. The van der Waals surface area contributed by atoms with Gasteiger partial charge in [-0.1, -0.05) is 19.1 Å². The first-order chi connectivity index (χ1) is 7.79. The van der Waals surface area contributed by atoms with Gasteiger partial charge in [-0.25, -0.2) is 0 Å². The molecule has 3 heteroatoms. The molecule has 86 valence electrons. The molecule has 1 aromatic rings. The lowest BCUT2D eigenvalue weighted by Gasteiger charge is -2.26. The van der Waals surface area contributed by atoms with E-state index in [9.17, 15) is 4.79 Å². The monoisotopic (exact) mass is 236 g/mol. The number of hydrogen-bond donors (Lipinski definition) is 0.